The number of hydrogen-bond acceptors (Lipinski definition) is 5. The Morgan fingerprint density at radius 2 is 1.79 bits per heavy atom. The van der Waals surface area contributed by atoms with Crippen LogP contribution < -0.4 is 4.18 Å². The van der Waals surface area contributed by atoms with Gasteiger partial charge in [0.05, 0.1) is 5.69 Å². The number of rotatable bonds is 4. The minimum absolute atomic E-state index is 0.391. The third-order valence-corrected chi connectivity index (χ3v) is 5.11. The number of thiophene rings is 1. The second-order valence-electron chi connectivity index (χ2n) is 4.89. The molecule has 0 N–H and O–H groups in total. The van der Waals surface area contributed by atoms with E-state index in [-0.39, 0.29) is 0 Å². The molecule has 2 aromatic heterocycles. The maximum atomic E-state index is 12.3. The molecule has 0 aliphatic rings. The predicted molar refractivity (Wildman–Crippen MR) is 84.5 cm³/mol. The fourth-order valence-corrected chi connectivity index (χ4v) is 3.39. The Kier molecular flexibility index (Phi) is 4.22. The molecule has 0 spiro atoms. The normalized spacial score (nSPS) is 12.5. The summed E-state index contributed by atoms with van der Waals surface area (Å²) in [6.45, 7) is 0. The molecule has 0 unspecified atom stereocenters. The highest BCUT2D eigenvalue weighted by Crippen LogP contribution is 2.28. The molecular formula is C15H10F3NO3S2. The summed E-state index contributed by atoms with van der Waals surface area (Å²) >= 11 is 1.59. The predicted octanol–water partition coefficient (Wildman–Crippen LogP) is 4.12. The van der Waals surface area contributed by atoms with Crippen molar-refractivity contribution in [1.29, 1.82) is 0 Å². The van der Waals surface area contributed by atoms with Crippen molar-refractivity contribution in [2.75, 3.05) is 0 Å². The van der Waals surface area contributed by atoms with Gasteiger partial charge in [-0.2, -0.15) is 21.6 Å². The van der Waals surface area contributed by atoms with Gasteiger partial charge in [0.25, 0.3) is 0 Å². The number of pyridine rings is 1. The Hall–Kier alpha value is -2.13. The lowest BCUT2D eigenvalue weighted by Gasteiger charge is -2.10. The van der Waals surface area contributed by atoms with Crippen molar-refractivity contribution in [1.82, 2.24) is 4.98 Å². The monoisotopic (exact) mass is 373 g/mol. The van der Waals surface area contributed by atoms with Crippen molar-refractivity contribution < 1.29 is 25.8 Å². The van der Waals surface area contributed by atoms with Gasteiger partial charge in [0.2, 0.25) is 0 Å². The van der Waals surface area contributed by atoms with E-state index in [1.807, 2.05) is 17.5 Å². The van der Waals surface area contributed by atoms with Gasteiger partial charge in [-0.15, -0.1) is 11.3 Å². The Morgan fingerprint density at radius 1 is 1.08 bits per heavy atom. The van der Waals surface area contributed by atoms with Crippen molar-refractivity contribution in [3.63, 3.8) is 0 Å². The number of halogens is 3. The first-order valence-corrected chi connectivity index (χ1v) is 8.96. The van der Waals surface area contributed by atoms with E-state index in [1.165, 1.54) is 24.3 Å². The molecule has 0 bridgehead atoms. The molecule has 9 heteroatoms. The average Bonchev–Trinajstić information content (AvgIpc) is 2.97. The summed E-state index contributed by atoms with van der Waals surface area (Å²) in [6, 6.07) is 9.25. The molecule has 3 rings (SSSR count). The lowest BCUT2D eigenvalue weighted by Crippen LogP contribution is -2.28. The van der Waals surface area contributed by atoms with E-state index in [0.717, 1.165) is 21.3 Å². The second-order valence-corrected chi connectivity index (χ2v) is 7.38. The van der Waals surface area contributed by atoms with Gasteiger partial charge in [-0.1, -0.05) is 12.1 Å². The van der Waals surface area contributed by atoms with Crippen molar-refractivity contribution in [3.05, 3.63) is 59.2 Å². The molecule has 24 heavy (non-hydrogen) atoms. The Balaban J connectivity index is 1.79. The van der Waals surface area contributed by atoms with Crippen molar-refractivity contribution in [2.45, 2.75) is 11.9 Å². The first-order valence-electron chi connectivity index (χ1n) is 6.67. The molecule has 0 aliphatic carbocycles. The largest absolute Gasteiger partial charge is 0.534 e. The maximum absolute atomic E-state index is 12.3. The van der Waals surface area contributed by atoms with E-state index in [1.54, 1.807) is 17.5 Å². The van der Waals surface area contributed by atoms with Crippen molar-refractivity contribution in [2.24, 2.45) is 0 Å². The second kappa shape index (κ2) is 6.06. The zero-order valence-corrected chi connectivity index (χ0v) is 13.6. The molecule has 126 valence electrons. The summed E-state index contributed by atoms with van der Waals surface area (Å²) < 4.78 is 63.9. The van der Waals surface area contributed by atoms with E-state index in [0.29, 0.717) is 6.42 Å². The summed E-state index contributed by atoms with van der Waals surface area (Å²) in [5, 5.41) is 2.97. The van der Waals surface area contributed by atoms with Crippen LogP contribution >= 0.6 is 11.3 Å². The van der Waals surface area contributed by atoms with Crippen LogP contribution in [0, 0.1) is 0 Å². The summed E-state index contributed by atoms with van der Waals surface area (Å²) in [4.78, 5) is 4.32. The summed E-state index contributed by atoms with van der Waals surface area (Å²) in [6.07, 6.45) is 2.17. The van der Waals surface area contributed by atoms with Crippen LogP contribution in [-0.2, 0) is 16.5 Å². The van der Waals surface area contributed by atoms with Crippen LogP contribution in [0.5, 0.6) is 5.75 Å². The SMILES string of the molecule is O=S(=O)(Oc1ccc(Cc2nccc3sccc23)cc1)C(F)(F)F. The molecule has 0 saturated heterocycles. The van der Waals surface area contributed by atoms with Gasteiger partial charge >= 0.3 is 15.6 Å². The van der Waals surface area contributed by atoms with Crippen molar-refractivity contribution in [3.8, 4) is 5.75 Å². The lowest BCUT2D eigenvalue weighted by molar-refractivity contribution is -0.0500. The summed E-state index contributed by atoms with van der Waals surface area (Å²) in [5.74, 6) is -0.391. The molecular weight excluding hydrogens is 363 g/mol. The number of benzene rings is 1. The number of fused-ring (bicyclic) bond motifs is 1. The van der Waals surface area contributed by atoms with Crippen LogP contribution in [0.1, 0.15) is 11.3 Å². The minimum atomic E-state index is -5.65. The van der Waals surface area contributed by atoms with Crippen LogP contribution in [0.4, 0.5) is 13.2 Å². The number of aromatic nitrogens is 1. The molecule has 0 atom stereocenters. The first kappa shape index (κ1) is 16.7. The highest BCUT2D eigenvalue weighted by molar-refractivity contribution is 7.88. The maximum Gasteiger partial charge on any atom is 0.534 e. The summed E-state index contributed by atoms with van der Waals surface area (Å²) in [7, 11) is -5.65. The van der Waals surface area contributed by atoms with Gasteiger partial charge in [0, 0.05) is 22.7 Å². The molecule has 2 heterocycles. The molecule has 4 nitrogen and oxygen atoms in total. The zero-order valence-electron chi connectivity index (χ0n) is 11.9. The Labute approximate surface area is 139 Å². The van der Waals surface area contributed by atoms with E-state index in [2.05, 4.69) is 9.17 Å². The van der Waals surface area contributed by atoms with Crippen LogP contribution in [0.15, 0.2) is 48.0 Å². The highest BCUT2D eigenvalue weighted by atomic mass is 32.2. The van der Waals surface area contributed by atoms with Gasteiger partial charge in [0.15, 0.2) is 0 Å². The molecule has 0 radical (unpaired) electrons. The summed E-state index contributed by atoms with van der Waals surface area (Å²) in [5.41, 5.74) is -3.84. The molecule has 1 aromatic carbocycles. The third kappa shape index (κ3) is 3.36. The van der Waals surface area contributed by atoms with Gasteiger partial charge in [0.1, 0.15) is 5.75 Å². The average molecular weight is 373 g/mol. The quantitative estimate of drug-likeness (QED) is 0.510. The fourth-order valence-electron chi connectivity index (χ4n) is 2.12. The highest BCUT2D eigenvalue weighted by Gasteiger charge is 2.48. The lowest BCUT2D eigenvalue weighted by atomic mass is 10.1. The topological polar surface area (TPSA) is 56.3 Å². The minimum Gasteiger partial charge on any atom is -0.376 e. The molecule has 0 fully saturated rings. The molecule has 0 aliphatic heterocycles. The van der Waals surface area contributed by atoms with E-state index < -0.39 is 21.4 Å². The zero-order chi connectivity index (χ0) is 17.4. The van der Waals surface area contributed by atoms with E-state index in [4.69, 9.17) is 0 Å². The molecule has 3 aromatic rings. The van der Waals surface area contributed by atoms with Gasteiger partial charge in [-0.3, -0.25) is 4.98 Å². The Bertz CT molecular complexity index is 964. The van der Waals surface area contributed by atoms with Crippen molar-refractivity contribution >= 4 is 31.5 Å². The fraction of sp³-hybridized carbons (Fsp3) is 0.133. The van der Waals surface area contributed by atoms with Crippen LogP contribution in [0.2, 0.25) is 0 Å². The standard InChI is InChI=1S/C15H10F3NO3S2/c16-15(17,18)24(20,21)22-11-3-1-10(2-4-11)9-13-12-6-8-23-14(12)5-7-19-13/h1-8H,9H2. The third-order valence-electron chi connectivity index (χ3n) is 3.25. The number of hydrogen-bond donors (Lipinski definition) is 0. The first-order chi connectivity index (χ1) is 11.3. The molecule has 0 saturated carbocycles. The van der Waals surface area contributed by atoms with Crippen LogP contribution in [-0.4, -0.2) is 18.9 Å². The smallest absolute Gasteiger partial charge is 0.376 e. The number of nitrogens with zero attached hydrogens (tertiary/aromatic N) is 1. The van der Waals surface area contributed by atoms with E-state index >= 15 is 0 Å². The van der Waals surface area contributed by atoms with Gasteiger partial charge in [-0.25, -0.2) is 0 Å². The van der Waals surface area contributed by atoms with Crippen LogP contribution in [0.3, 0.4) is 0 Å². The van der Waals surface area contributed by atoms with E-state index in [9.17, 15) is 21.6 Å². The molecule has 0 amide bonds. The number of alkyl halides is 3. The Morgan fingerprint density at radius 3 is 2.46 bits per heavy atom. The van der Waals surface area contributed by atoms with Gasteiger partial charge in [-0.05, 0) is 35.2 Å². The van der Waals surface area contributed by atoms with Crippen LogP contribution in [0.25, 0.3) is 10.1 Å². The van der Waals surface area contributed by atoms with Gasteiger partial charge < -0.3 is 4.18 Å².